The van der Waals surface area contributed by atoms with Gasteiger partial charge in [-0.3, -0.25) is 4.79 Å². The highest BCUT2D eigenvalue weighted by molar-refractivity contribution is 5.92. The summed E-state index contributed by atoms with van der Waals surface area (Å²) in [6.45, 7) is 3.94. The van der Waals surface area contributed by atoms with Crippen molar-refractivity contribution in [3.63, 3.8) is 0 Å². The molecule has 0 saturated carbocycles. The van der Waals surface area contributed by atoms with Gasteiger partial charge >= 0.3 is 0 Å². The standard InChI is InChI=1S/C19H21NO4/c1-3-19(4-2)18(22)17(23-14-7-6-13(21)10-14)15-9-12(11-20)5-8-16(15)24-19/h5,8-10,17-18,22H,3-4,6-7H2,1-2H3/t17-,18+/m1/s1. The minimum absolute atomic E-state index is 0.0368. The molecule has 126 valence electrons. The predicted octanol–water partition coefficient (Wildman–Crippen LogP) is 3.17. The molecule has 0 bridgehead atoms. The van der Waals surface area contributed by atoms with Gasteiger partial charge in [0.2, 0.25) is 0 Å². The van der Waals surface area contributed by atoms with Crippen LogP contribution in [0, 0.1) is 11.3 Å². The Morgan fingerprint density at radius 3 is 2.71 bits per heavy atom. The molecule has 1 heterocycles. The Morgan fingerprint density at radius 2 is 2.12 bits per heavy atom. The van der Waals surface area contributed by atoms with Crippen LogP contribution < -0.4 is 4.74 Å². The van der Waals surface area contributed by atoms with Gasteiger partial charge in [0.25, 0.3) is 0 Å². The van der Waals surface area contributed by atoms with E-state index in [2.05, 4.69) is 6.07 Å². The van der Waals surface area contributed by atoms with Crippen molar-refractivity contribution in [1.82, 2.24) is 0 Å². The zero-order valence-electron chi connectivity index (χ0n) is 13.9. The summed E-state index contributed by atoms with van der Waals surface area (Å²) in [5, 5.41) is 20.1. The minimum Gasteiger partial charge on any atom is -0.487 e. The first-order valence-corrected chi connectivity index (χ1v) is 8.34. The molecule has 1 aromatic carbocycles. The Bertz CT molecular complexity index is 727. The van der Waals surface area contributed by atoms with Crippen LogP contribution in [0.25, 0.3) is 0 Å². The quantitative estimate of drug-likeness (QED) is 0.919. The van der Waals surface area contributed by atoms with E-state index < -0.39 is 17.8 Å². The maximum absolute atomic E-state index is 11.5. The molecule has 0 amide bonds. The van der Waals surface area contributed by atoms with E-state index >= 15 is 0 Å². The Labute approximate surface area is 141 Å². The lowest BCUT2D eigenvalue weighted by atomic mass is 9.81. The summed E-state index contributed by atoms with van der Waals surface area (Å²) in [6, 6.07) is 7.24. The smallest absolute Gasteiger partial charge is 0.159 e. The second-order valence-electron chi connectivity index (χ2n) is 6.30. The largest absolute Gasteiger partial charge is 0.487 e. The third-order valence-corrected chi connectivity index (χ3v) is 5.00. The van der Waals surface area contributed by atoms with E-state index in [9.17, 15) is 9.90 Å². The molecule has 5 heteroatoms. The van der Waals surface area contributed by atoms with Crippen LogP contribution >= 0.6 is 0 Å². The summed E-state index contributed by atoms with van der Waals surface area (Å²) in [7, 11) is 0. The van der Waals surface area contributed by atoms with E-state index in [1.807, 2.05) is 13.8 Å². The maximum atomic E-state index is 11.5. The van der Waals surface area contributed by atoms with Gasteiger partial charge in [-0.1, -0.05) is 13.8 Å². The molecule has 0 fully saturated rings. The average molecular weight is 327 g/mol. The van der Waals surface area contributed by atoms with Gasteiger partial charge in [-0.2, -0.15) is 5.26 Å². The van der Waals surface area contributed by atoms with Crippen molar-refractivity contribution < 1.29 is 19.4 Å². The lowest BCUT2D eigenvalue weighted by Gasteiger charge is -2.45. The Morgan fingerprint density at radius 1 is 1.38 bits per heavy atom. The Kier molecular flexibility index (Phi) is 4.33. The molecule has 24 heavy (non-hydrogen) atoms. The lowest BCUT2D eigenvalue weighted by molar-refractivity contribution is -0.140. The molecule has 0 unspecified atom stereocenters. The molecule has 3 rings (SSSR count). The van der Waals surface area contributed by atoms with Crippen LogP contribution in [-0.2, 0) is 9.53 Å². The van der Waals surface area contributed by atoms with Gasteiger partial charge in [0.15, 0.2) is 11.9 Å². The summed E-state index contributed by atoms with van der Waals surface area (Å²) in [6.07, 6.45) is 2.19. The molecular formula is C19H21NO4. The SMILES string of the molecule is CCC1(CC)Oc2ccc(C#N)cc2[C@@H](OC2=CC(=O)CC2)[C@@H]1O. The van der Waals surface area contributed by atoms with Gasteiger partial charge in [0.05, 0.1) is 11.6 Å². The van der Waals surface area contributed by atoms with Crippen molar-refractivity contribution >= 4 is 5.78 Å². The molecule has 0 radical (unpaired) electrons. The Balaban J connectivity index is 2.05. The van der Waals surface area contributed by atoms with Crippen molar-refractivity contribution in [1.29, 1.82) is 5.26 Å². The highest BCUT2D eigenvalue weighted by atomic mass is 16.5. The third kappa shape index (κ3) is 2.67. The topological polar surface area (TPSA) is 79.5 Å². The van der Waals surface area contributed by atoms with Crippen LogP contribution in [0.15, 0.2) is 30.0 Å². The molecule has 5 nitrogen and oxygen atoms in total. The average Bonchev–Trinajstić information content (AvgIpc) is 3.02. The van der Waals surface area contributed by atoms with Gasteiger partial charge in [-0.05, 0) is 31.0 Å². The summed E-state index contributed by atoms with van der Waals surface area (Å²) in [5.41, 5.74) is 0.393. The number of carbonyl (C=O) groups is 1. The molecule has 2 atom stereocenters. The zero-order chi connectivity index (χ0) is 17.3. The second-order valence-corrected chi connectivity index (χ2v) is 6.30. The number of allylic oxidation sites excluding steroid dienone is 2. The number of rotatable bonds is 4. The van der Waals surface area contributed by atoms with E-state index in [-0.39, 0.29) is 5.78 Å². The summed E-state index contributed by atoms with van der Waals surface area (Å²) in [4.78, 5) is 11.5. The van der Waals surface area contributed by atoms with Crippen molar-refractivity contribution in [3.8, 4) is 11.8 Å². The number of fused-ring (bicyclic) bond motifs is 1. The van der Waals surface area contributed by atoms with Crippen molar-refractivity contribution in [3.05, 3.63) is 41.2 Å². The fourth-order valence-electron chi connectivity index (χ4n) is 3.43. The molecule has 0 saturated heterocycles. The van der Waals surface area contributed by atoms with Crippen molar-refractivity contribution in [2.75, 3.05) is 0 Å². The molecule has 0 aromatic heterocycles. The number of nitrogens with zero attached hydrogens (tertiary/aromatic N) is 1. The fourth-order valence-corrected chi connectivity index (χ4v) is 3.43. The number of carbonyl (C=O) groups excluding carboxylic acids is 1. The number of aliphatic hydroxyl groups excluding tert-OH is 1. The number of benzene rings is 1. The van der Waals surface area contributed by atoms with Crippen LogP contribution in [0.5, 0.6) is 5.75 Å². The van der Waals surface area contributed by atoms with Gasteiger partial charge in [-0.25, -0.2) is 0 Å². The molecule has 0 spiro atoms. The first-order chi connectivity index (χ1) is 11.5. The molecule has 2 aliphatic rings. The van der Waals surface area contributed by atoms with Crippen LogP contribution in [0.4, 0.5) is 0 Å². The minimum atomic E-state index is -0.884. The van der Waals surface area contributed by atoms with E-state index in [0.29, 0.717) is 48.3 Å². The summed E-state index contributed by atoms with van der Waals surface area (Å²) < 4.78 is 12.1. The van der Waals surface area contributed by atoms with Crippen molar-refractivity contribution in [2.45, 2.75) is 57.3 Å². The number of aliphatic hydroxyl groups is 1. The van der Waals surface area contributed by atoms with Crippen LogP contribution in [0.3, 0.4) is 0 Å². The van der Waals surface area contributed by atoms with Crippen LogP contribution in [0.2, 0.25) is 0 Å². The number of nitriles is 1. The van der Waals surface area contributed by atoms with Crippen molar-refractivity contribution in [2.24, 2.45) is 0 Å². The molecular weight excluding hydrogens is 306 g/mol. The number of ketones is 1. The van der Waals surface area contributed by atoms with Gasteiger partial charge in [0, 0.05) is 24.5 Å². The number of hydrogen-bond donors (Lipinski definition) is 1. The van der Waals surface area contributed by atoms with Gasteiger partial charge in [0.1, 0.15) is 23.2 Å². The maximum Gasteiger partial charge on any atom is 0.159 e. The first-order valence-electron chi connectivity index (χ1n) is 8.34. The second kappa shape index (κ2) is 6.29. The highest BCUT2D eigenvalue weighted by Crippen LogP contribution is 2.46. The van der Waals surface area contributed by atoms with E-state index in [1.54, 1.807) is 18.2 Å². The third-order valence-electron chi connectivity index (χ3n) is 5.00. The van der Waals surface area contributed by atoms with Gasteiger partial charge in [-0.15, -0.1) is 0 Å². The molecule has 1 aliphatic carbocycles. The molecule has 1 N–H and O–H groups in total. The Hall–Kier alpha value is -2.32. The molecule has 1 aromatic rings. The fraction of sp³-hybridized carbons (Fsp3) is 0.474. The van der Waals surface area contributed by atoms with Crippen LogP contribution in [-0.4, -0.2) is 22.6 Å². The monoisotopic (exact) mass is 327 g/mol. The highest BCUT2D eigenvalue weighted by Gasteiger charge is 2.48. The predicted molar refractivity (Wildman–Crippen MR) is 87.3 cm³/mol. The number of hydrogen-bond acceptors (Lipinski definition) is 5. The zero-order valence-corrected chi connectivity index (χ0v) is 13.9. The number of ether oxygens (including phenoxy) is 2. The summed E-state index contributed by atoms with van der Waals surface area (Å²) in [5.74, 6) is 1.24. The summed E-state index contributed by atoms with van der Waals surface area (Å²) >= 11 is 0. The first kappa shape index (κ1) is 16.5. The van der Waals surface area contributed by atoms with E-state index in [0.717, 1.165) is 0 Å². The van der Waals surface area contributed by atoms with E-state index in [4.69, 9.17) is 14.7 Å². The van der Waals surface area contributed by atoms with E-state index in [1.165, 1.54) is 6.08 Å². The van der Waals surface area contributed by atoms with Gasteiger partial charge < -0.3 is 14.6 Å². The van der Waals surface area contributed by atoms with Crippen LogP contribution in [0.1, 0.15) is 56.8 Å². The molecule has 1 aliphatic heterocycles. The lowest BCUT2D eigenvalue weighted by Crippen LogP contribution is -2.53. The normalized spacial score (nSPS) is 24.6.